The summed E-state index contributed by atoms with van der Waals surface area (Å²) in [5.41, 5.74) is 1.64. The Morgan fingerprint density at radius 2 is 0.703 bits per heavy atom. The van der Waals surface area contributed by atoms with Crippen LogP contribution in [0.25, 0.3) is 32.7 Å². The topological polar surface area (TPSA) is 99.4 Å². The molecule has 6 rings (SSSR count). The number of fused-ring (bicyclic) bond motifs is 3. The summed E-state index contributed by atoms with van der Waals surface area (Å²) in [5, 5.41) is 32.3. The van der Waals surface area contributed by atoms with Crippen LogP contribution in [0.4, 0.5) is 0 Å². The lowest BCUT2D eigenvalue weighted by Gasteiger charge is -2.00. The molecule has 3 aromatic carbocycles. The van der Waals surface area contributed by atoms with E-state index in [-0.39, 0.29) is 34.6 Å². The fraction of sp³-hybridized carbons (Fsp3) is 0. The van der Waals surface area contributed by atoms with Gasteiger partial charge in [-0.15, -0.1) is 0 Å². The molecule has 6 nitrogen and oxygen atoms in total. The highest BCUT2D eigenvalue weighted by Crippen LogP contribution is 2.30. The van der Waals surface area contributed by atoms with Crippen LogP contribution in [0, 0.1) is 0 Å². The van der Waals surface area contributed by atoms with Crippen molar-refractivity contribution in [3.63, 3.8) is 0 Å². The van der Waals surface area contributed by atoms with Gasteiger partial charge in [0.1, 0.15) is 33.8 Å². The summed E-state index contributed by atoms with van der Waals surface area (Å²) in [6, 6.07) is 20.4. The van der Waals surface area contributed by atoms with Crippen molar-refractivity contribution in [1.29, 1.82) is 0 Å². The van der Waals surface area contributed by atoms with Crippen molar-refractivity contribution >= 4 is 84.9 Å². The standard InChI is InChI=1S/3C9H6ClNO.Al.3H/c3*10-7-3-4-8(12)9-6(7)2-1-5-11-9;;;;/h3*1-5,12H;;;;. The van der Waals surface area contributed by atoms with Crippen LogP contribution >= 0.6 is 34.8 Å². The molecule has 3 heterocycles. The van der Waals surface area contributed by atoms with Gasteiger partial charge in [-0.3, -0.25) is 15.0 Å². The summed E-state index contributed by atoms with van der Waals surface area (Å²) in [4.78, 5) is 12.0. The van der Waals surface area contributed by atoms with Crippen LogP contribution in [0.3, 0.4) is 0 Å². The van der Waals surface area contributed by atoms with E-state index in [1.807, 2.05) is 18.2 Å². The molecule has 186 valence electrons. The van der Waals surface area contributed by atoms with E-state index >= 15 is 0 Å². The normalized spacial score (nSPS) is 10.1. The zero-order valence-corrected chi connectivity index (χ0v) is 20.7. The molecule has 0 aliphatic heterocycles. The zero-order chi connectivity index (χ0) is 25.7. The first-order chi connectivity index (χ1) is 17.4. The molecule has 0 saturated carbocycles. The molecule has 0 aliphatic rings. The van der Waals surface area contributed by atoms with Gasteiger partial charge in [0.15, 0.2) is 17.4 Å². The van der Waals surface area contributed by atoms with E-state index < -0.39 is 0 Å². The molecular formula is C27H21AlCl3N3O3. The van der Waals surface area contributed by atoms with Crippen molar-refractivity contribution < 1.29 is 15.3 Å². The predicted molar refractivity (Wildman–Crippen MR) is 155 cm³/mol. The number of pyridine rings is 3. The number of aromatic nitrogens is 3. The molecular weight excluding hydrogens is 548 g/mol. The SMILES string of the molecule is Oc1ccc(Cl)c2cccnc12.Oc1ccc(Cl)c2cccnc12.Oc1ccc(Cl)c2cccnc12.[AlH3]. The monoisotopic (exact) mass is 567 g/mol. The van der Waals surface area contributed by atoms with Gasteiger partial charge in [0, 0.05) is 34.7 Å². The molecule has 6 aromatic rings. The average molecular weight is 569 g/mol. The predicted octanol–water partition coefficient (Wildman–Crippen LogP) is 6.60. The molecule has 3 N–H and O–H groups in total. The lowest BCUT2D eigenvalue weighted by atomic mass is 10.2. The number of hydrogen-bond acceptors (Lipinski definition) is 6. The maximum absolute atomic E-state index is 9.37. The van der Waals surface area contributed by atoms with Crippen LogP contribution in [0.5, 0.6) is 17.2 Å². The molecule has 0 saturated heterocycles. The van der Waals surface area contributed by atoms with Crippen LogP contribution in [0.1, 0.15) is 0 Å². The van der Waals surface area contributed by atoms with E-state index in [0.717, 1.165) is 16.2 Å². The Bertz CT molecular complexity index is 1370. The van der Waals surface area contributed by atoms with Gasteiger partial charge >= 0.3 is 0 Å². The van der Waals surface area contributed by atoms with E-state index in [1.54, 1.807) is 55.0 Å². The van der Waals surface area contributed by atoms with Gasteiger partial charge in [-0.05, 0) is 72.8 Å². The minimum atomic E-state index is 0. The number of halogens is 3. The van der Waals surface area contributed by atoms with Crippen molar-refractivity contribution in [2.24, 2.45) is 0 Å². The Labute approximate surface area is 237 Å². The Morgan fingerprint density at radius 1 is 0.432 bits per heavy atom. The lowest BCUT2D eigenvalue weighted by Crippen LogP contribution is -1.78. The quantitative estimate of drug-likeness (QED) is 0.179. The summed E-state index contributed by atoms with van der Waals surface area (Å²) in [5.74, 6) is 0.486. The third-order valence-electron chi connectivity index (χ3n) is 5.09. The van der Waals surface area contributed by atoms with Crippen molar-refractivity contribution in [2.75, 3.05) is 0 Å². The molecule has 0 amide bonds. The van der Waals surface area contributed by atoms with Crippen LogP contribution in [-0.2, 0) is 0 Å². The van der Waals surface area contributed by atoms with Crippen molar-refractivity contribution in [3.8, 4) is 17.2 Å². The smallest absolute Gasteiger partial charge is 0.187 e. The van der Waals surface area contributed by atoms with Gasteiger partial charge in [0.05, 0.1) is 15.1 Å². The number of aromatic hydroxyl groups is 3. The average Bonchev–Trinajstić information content (AvgIpc) is 2.92. The highest BCUT2D eigenvalue weighted by atomic mass is 35.5. The van der Waals surface area contributed by atoms with Crippen LogP contribution in [0.15, 0.2) is 91.4 Å². The Balaban J connectivity index is 0.000000152. The Kier molecular flexibility index (Phi) is 9.76. The van der Waals surface area contributed by atoms with Gasteiger partial charge in [0.25, 0.3) is 0 Å². The van der Waals surface area contributed by atoms with E-state index in [0.29, 0.717) is 31.6 Å². The summed E-state index contributed by atoms with van der Waals surface area (Å²) in [7, 11) is 0. The number of hydrogen-bond donors (Lipinski definition) is 3. The van der Waals surface area contributed by atoms with Gasteiger partial charge in [-0.1, -0.05) is 34.8 Å². The molecule has 0 unspecified atom stereocenters. The molecule has 0 aliphatic carbocycles. The fourth-order valence-electron chi connectivity index (χ4n) is 3.37. The van der Waals surface area contributed by atoms with Gasteiger partial charge in [0.2, 0.25) is 0 Å². The summed E-state index contributed by atoms with van der Waals surface area (Å²) >= 11 is 17.6. The van der Waals surface area contributed by atoms with E-state index in [4.69, 9.17) is 34.8 Å². The van der Waals surface area contributed by atoms with Crippen LogP contribution < -0.4 is 0 Å². The molecule has 37 heavy (non-hydrogen) atoms. The van der Waals surface area contributed by atoms with Crippen molar-refractivity contribution in [3.05, 3.63) is 106 Å². The van der Waals surface area contributed by atoms with Gasteiger partial charge in [-0.2, -0.15) is 0 Å². The molecule has 0 bridgehead atoms. The van der Waals surface area contributed by atoms with Crippen LogP contribution in [0.2, 0.25) is 15.1 Å². The molecule has 10 heteroatoms. The third-order valence-corrected chi connectivity index (χ3v) is 6.07. The second-order valence-corrected chi connectivity index (χ2v) is 8.62. The molecule has 0 fully saturated rings. The summed E-state index contributed by atoms with van der Waals surface area (Å²) in [6.45, 7) is 0. The zero-order valence-electron chi connectivity index (χ0n) is 18.5. The summed E-state index contributed by atoms with van der Waals surface area (Å²) in [6.07, 6.45) is 4.87. The van der Waals surface area contributed by atoms with Crippen LogP contribution in [-0.4, -0.2) is 47.6 Å². The molecule has 0 radical (unpaired) electrons. The second-order valence-electron chi connectivity index (χ2n) is 7.40. The maximum atomic E-state index is 9.37. The number of rotatable bonds is 0. The molecule has 0 atom stereocenters. The van der Waals surface area contributed by atoms with E-state index in [1.165, 1.54) is 18.2 Å². The largest absolute Gasteiger partial charge is 0.506 e. The van der Waals surface area contributed by atoms with E-state index in [9.17, 15) is 15.3 Å². The number of benzene rings is 3. The number of nitrogens with zero attached hydrogens (tertiary/aromatic N) is 3. The Morgan fingerprint density at radius 3 is 0.946 bits per heavy atom. The minimum Gasteiger partial charge on any atom is -0.506 e. The molecule has 0 spiro atoms. The number of phenolic OH excluding ortho intramolecular Hbond substituents is 3. The minimum absolute atomic E-state index is 0. The fourth-order valence-corrected chi connectivity index (χ4v) is 4.02. The van der Waals surface area contributed by atoms with Crippen molar-refractivity contribution in [2.45, 2.75) is 0 Å². The second kappa shape index (κ2) is 12.8. The van der Waals surface area contributed by atoms with Crippen molar-refractivity contribution in [1.82, 2.24) is 15.0 Å². The van der Waals surface area contributed by atoms with Gasteiger partial charge < -0.3 is 15.3 Å². The first-order valence-corrected chi connectivity index (χ1v) is 11.7. The number of phenols is 3. The van der Waals surface area contributed by atoms with E-state index in [2.05, 4.69) is 15.0 Å². The first kappa shape index (κ1) is 28.3. The lowest BCUT2D eigenvalue weighted by molar-refractivity contribution is 0.480. The highest BCUT2D eigenvalue weighted by molar-refractivity contribution is 6.36. The highest BCUT2D eigenvalue weighted by Gasteiger charge is 2.04. The maximum Gasteiger partial charge on any atom is 0.187 e. The molecule has 3 aromatic heterocycles. The van der Waals surface area contributed by atoms with Gasteiger partial charge in [-0.25, -0.2) is 0 Å². The first-order valence-electron chi connectivity index (χ1n) is 10.5. The third kappa shape index (κ3) is 6.53. The Hall–Kier alpha value is -3.31. The summed E-state index contributed by atoms with van der Waals surface area (Å²) < 4.78 is 0.